The van der Waals surface area contributed by atoms with E-state index >= 15 is 0 Å². The van der Waals surface area contributed by atoms with Crippen molar-refractivity contribution in [3.8, 4) is 5.75 Å². The first kappa shape index (κ1) is 17.5. The molecule has 3 aromatic rings. The number of para-hydroxylation sites is 1. The predicted octanol–water partition coefficient (Wildman–Crippen LogP) is 4.27. The number of rotatable bonds is 6. The summed E-state index contributed by atoms with van der Waals surface area (Å²) >= 11 is 6.23. The van der Waals surface area contributed by atoms with Gasteiger partial charge in [-0.3, -0.25) is 4.90 Å². The van der Waals surface area contributed by atoms with E-state index in [4.69, 9.17) is 20.8 Å². The Labute approximate surface area is 151 Å². The summed E-state index contributed by atoms with van der Waals surface area (Å²) in [6.45, 7) is 3.80. The molecule has 0 amide bonds. The maximum absolute atomic E-state index is 11.8. The van der Waals surface area contributed by atoms with Gasteiger partial charge in [-0.15, -0.1) is 0 Å². The topological polar surface area (TPSA) is 42.7 Å². The summed E-state index contributed by atoms with van der Waals surface area (Å²) in [7, 11) is 1.99. The first-order chi connectivity index (χ1) is 12.0. The third kappa shape index (κ3) is 4.41. The van der Waals surface area contributed by atoms with Gasteiger partial charge in [-0.2, -0.15) is 0 Å². The lowest BCUT2D eigenvalue weighted by Gasteiger charge is -2.18. The maximum atomic E-state index is 11.8. The summed E-state index contributed by atoms with van der Waals surface area (Å²) in [5.41, 5.74) is 2.01. The maximum Gasteiger partial charge on any atom is 0.336 e. The molecule has 3 rings (SSSR count). The summed E-state index contributed by atoms with van der Waals surface area (Å²) in [4.78, 5) is 13.9. The highest BCUT2D eigenvalue weighted by molar-refractivity contribution is 6.32. The van der Waals surface area contributed by atoms with Crippen LogP contribution < -0.4 is 10.4 Å². The van der Waals surface area contributed by atoms with Crippen molar-refractivity contribution in [1.82, 2.24) is 4.90 Å². The minimum Gasteiger partial charge on any atom is -0.492 e. The monoisotopic (exact) mass is 357 g/mol. The Kier molecular flexibility index (Phi) is 5.41. The molecule has 0 bridgehead atoms. The Balaban J connectivity index is 1.71. The molecule has 4 nitrogen and oxygen atoms in total. The summed E-state index contributed by atoms with van der Waals surface area (Å²) < 4.78 is 11.0. The number of ether oxygens (including phenoxy) is 1. The van der Waals surface area contributed by atoms with Crippen molar-refractivity contribution in [2.75, 3.05) is 20.2 Å². The van der Waals surface area contributed by atoms with E-state index in [9.17, 15) is 4.79 Å². The van der Waals surface area contributed by atoms with E-state index in [-0.39, 0.29) is 5.63 Å². The lowest BCUT2D eigenvalue weighted by molar-refractivity contribution is 0.233. The van der Waals surface area contributed by atoms with Gasteiger partial charge in [-0.1, -0.05) is 29.8 Å². The molecule has 0 aliphatic carbocycles. The average molecular weight is 358 g/mol. The zero-order chi connectivity index (χ0) is 17.8. The second kappa shape index (κ2) is 7.72. The smallest absolute Gasteiger partial charge is 0.336 e. The van der Waals surface area contributed by atoms with E-state index in [0.717, 1.165) is 28.8 Å². The van der Waals surface area contributed by atoms with Gasteiger partial charge in [0.15, 0.2) is 0 Å². The van der Waals surface area contributed by atoms with Crippen LogP contribution in [0.25, 0.3) is 11.0 Å². The lowest BCUT2D eigenvalue weighted by Crippen LogP contribution is -2.24. The summed E-state index contributed by atoms with van der Waals surface area (Å²) in [6.07, 6.45) is 0. The molecule has 0 saturated heterocycles. The number of hydrogen-bond acceptors (Lipinski definition) is 4. The van der Waals surface area contributed by atoms with E-state index in [1.807, 2.05) is 50.4 Å². The van der Waals surface area contributed by atoms with Crippen molar-refractivity contribution in [3.63, 3.8) is 0 Å². The number of aryl methyl sites for hydroxylation is 1. The Morgan fingerprint density at radius 1 is 1.16 bits per heavy atom. The number of benzene rings is 2. The van der Waals surface area contributed by atoms with Gasteiger partial charge in [0.25, 0.3) is 0 Å². The average Bonchev–Trinajstić information content (AvgIpc) is 2.57. The van der Waals surface area contributed by atoms with Crippen molar-refractivity contribution in [1.29, 1.82) is 0 Å². The molecule has 0 atom stereocenters. The third-order valence-electron chi connectivity index (χ3n) is 4.03. The number of halogens is 1. The first-order valence-electron chi connectivity index (χ1n) is 8.12. The van der Waals surface area contributed by atoms with Crippen LogP contribution in [-0.4, -0.2) is 25.1 Å². The van der Waals surface area contributed by atoms with E-state index in [0.29, 0.717) is 23.8 Å². The standard InChI is InChI=1S/C20H20ClNO3/c1-14-10-19-17(12-18(14)21)15(11-20(23)25-19)13-22(2)8-9-24-16-6-4-3-5-7-16/h3-7,10-12H,8-9,13H2,1-2H3. The number of likely N-dealkylation sites (N-methyl/N-ethyl adjacent to an activating group) is 1. The van der Waals surface area contributed by atoms with E-state index in [1.54, 1.807) is 6.07 Å². The molecule has 0 unspecified atom stereocenters. The molecule has 130 valence electrons. The third-order valence-corrected chi connectivity index (χ3v) is 4.44. The van der Waals surface area contributed by atoms with Crippen molar-refractivity contribution >= 4 is 22.6 Å². The van der Waals surface area contributed by atoms with Crippen molar-refractivity contribution in [3.05, 3.63) is 75.1 Å². The molecular formula is C20H20ClNO3. The largest absolute Gasteiger partial charge is 0.492 e. The minimum atomic E-state index is -0.349. The molecule has 1 heterocycles. The Morgan fingerprint density at radius 3 is 2.68 bits per heavy atom. The minimum absolute atomic E-state index is 0.349. The van der Waals surface area contributed by atoms with E-state index in [2.05, 4.69) is 4.90 Å². The number of hydrogen-bond donors (Lipinski definition) is 0. The van der Waals surface area contributed by atoms with E-state index in [1.165, 1.54) is 6.07 Å². The Hall–Kier alpha value is -2.30. The van der Waals surface area contributed by atoms with Gasteiger partial charge in [0.2, 0.25) is 0 Å². The molecule has 0 fully saturated rings. The summed E-state index contributed by atoms with van der Waals surface area (Å²) in [5, 5.41) is 1.53. The highest BCUT2D eigenvalue weighted by Crippen LogP contribution is 2.25. The van der Waals surface area contributed by atoms with Gasteiger partial charge >= 0.3 is 5.63 Å². The zero-order valence-corrected chi connectivity index (χ0v) is 15.0. The number of fused-ring (bicyclic) bond motifs is 1. The molecule has 0 aliphatic rings. The molecule has 1 aromatic heterocycles. The van der Waals surface area contributed by atoms with Gasteiger partial charge in [-0.05, 0) is 49.4 Å². The van der Waals surface area contributed by atoms with Crippen molar-refractivity contribution in [2.24, 2.45) is 0 Å². The van der Waals surface area contributed by atoms with Gasteiger partial charge in [0, 0.05) is 29.6 Å². The Morgan fingerprint density at radius 2 is 1.92 bits per heavy atom. The van der Waals surface area contributed by atoms with Crippen LogP contribution in [0.2, 0.25) is 5.02 Å². The van der Waals surface area contributed by atoms with Crippen molar-refractivity contribution in [2.45, 2.75) is 13.5 Å². The van der Waals surface area contributed by atoms with Crippen LogP contribution in [0.3, 0.4) is 0 Å². The molecule has 0 radical (unpaired) electrons. The highest BCUT2D eigenvalue weighted by atomic mass is 35.5. The van der Waals surface area contributed by atoms with E-state index < -0.39 is 0 Å². The molecule has 0 spiro atoms. The predicted molar refractivity (Wildman–Crippen MR) is 101 cm³/mol. The number of nitrogens with zero attached hydrogens (tertiary/aromatic N) is 1. The molecular weight excluding hydrogens is 338 g/mol. The van der Waals surface area contributed by atoms with Crippen molar-refractivity contribution < 1.29 is 9.15 Å². The SMILES string of the molecule is Cc1cc2oc(=O)cc(CN(C)CCOc3ccccc3)c2cc1Cl. The van der Waals surface area contributed by atoms with Crippen LogP contribution in [-0.2, 0) is 6.54 Å². The molecule has 25 heavy (non-hydrogen) atoms. The molecule has 2 aromatic carbocycles. The van der Waals surface area contributed by atoms with Gasteiger partial charge in [0.05, 0.1) is 0 Å². The van der Waals surface area contributed by atoms with Gasteiger partial charge in [-0.25, -0.2) is 4.79 Å². The fourth-order valence-electron chi connectivity index (χ4n) is 2.68. The van der Waals surface area contributed by atoms with Crippen LogP contribution in [0.4, 0.5) is 0 Å². The fraction of sp³-hybridized carbons (Fsp3) is 0.250. The normalized spacial score (nSPS) is 11.2. The fourth-order valence-corrected chi connectivity index (χ4v) is 2.85. The van der Waals surface area contributed by atoms with Gasteiger partial charge < -0.3 is 9.15 Å². The zero-order valence-electron chi connectivity index (χ0n) is 14.3. The second-order valence-corrected chi connectivity index (χ2v) is 6.49. The summed E-state index contributed by atoms with van der Waals surface area (Å²) in [6, 6.07) is 14.9. The molecule has 0 aliphatic heterocycles. The van der Waals surface area contributed by atoms with Gasteiger partial charge in [0.1, 0.15) is 17.9 Å². The van der Waals surface area contributed by atoms with Crippen LogP contribution >= 0.6 is 11.6 Å². The quantitative estimate of drug-likeness (QED) is 0.618. The molecule has 0 saturated carbocycles. The molecule has 0 N–H and O–H groups in total. The molecule has 5 heteroatoms. The Bertz CT molecular complexity index is 921. The van der Waals surface area contributed by atoms with Crippen LogP contribution in [0.5, 0.6) is 5.75 Å². The summed E-state index contributed by atoms with van der Waals surface area (Å²) in [5.74, 6) is 0.851. The second-order valence-electron chi connectivity index (χ2n) is 6.09. The van der Waals surface area contributed by atoms with Crippen LogP contribution in [0.15, 0.2) is 57.7 Å². The lowest BCUT2D eigenvalue weighted by atomic mass is 10.1. The highest BCUT2D eigenvalue weighted by Gasteiger charge is 2.10. The first-order valence-corrected chi connectivity index (χ1v) is 8.50. The van der Waals surface area contributed by atoms with Crippen LogP contribution in [0.1, 0.15) is 11.1 Å². The van der Waals surface area contributed by atoms with Crippen LogP contribution in [0, 0.1) is 6.92 Å².